The Morgan fingerprint density at radius 1 is 1.32 bits per heavy atom. The minimum atomic E-state index is -0.919. The first-order valence-electron chi connectivity index (χ1n) is 6.15. The molecule has 1 unspecified atom stereocenters. The topological polar surface area (TPSA) is 57.6 Å². The standard InChI is InChI=1S/C14H18FNO3/c1-10(11-6-3-4-7-12(11)15)16(2)13(17)8-5-9-14(18)19/h3-4,6-7,10H,5,8-9H2,1-2H3,(H,18,19). The summed E-state index contributed by atoms with van der Waals surface area (Å²) in [6, 6.07) is 5.94. The van der Waals surface area contributed by atoms with Gasteiger partial charge >= 0.3 is 5.97 Å². The molecular formula is C14H18FNO3. The van der Waals surface area contributed by atoms with Crippen LogP contribution in [0.25, 0.3) is 0 Å². The van der Waals surface area contributed by atoms with Crippen LogP contribution in [0.5, 0.6) is 0 Å². The lowest BCUT2D eigenvalue weighted by Gasteiger charge is -2.25. The van der Waals surface area contributed by atoms with Gasteiger partial charge in [-0.05, 0) is 19.4 Å². The minimum Gasteiger partial charge on any atom is -0.481 e. The van der Waals surface area contributed by atoms with Crippen molar-refractivity contribution in [1.29, 1.82) is 0 Å². The van der Waals surface area contributed by atoms with Crippen molar-refractivity contribution in [2.24, 2.45) is 0 Å². The number of halogens is 1. The van der Waals surface area contributed by atoms with Gasteiger partial charge in [-0.3, -0.25) is 9.59 Å². The van der Waals surface area contributed by atoms with E-state index in [0.29, 0.717) is 12.0 Å². The molecule has 0 heterocycles. The molecule has 1 rings (SSSR count). The molecule has 19 heavy (non-hydrogen) atoms. The Labute approximate surface area is 111 Å². The number of rotatable bonds is 6. The average Bonchev–Trinajstić information content (AvgIpc) is 2.37. The Morgan fingerprint density at radius 2 is 1.95 bits per heavy atom. The number of amides is 1. The summed E-state index contributed by atoms with van der Waals surface area (Å²) in [5.74, 6) is -1.45. The summed E-state index contributed by atoms with van der Waals surface area (Å²) < 4.78 is 13.6. The molecule has 0 radical (unpaired) electrons. The quantitative estimate of drug-likeness (QED) is 0.862. The molecule has 0 bridgehead atoms. The van der Waals surface area contributed by atoms with Gasteiger partial charge in [0.15, 0.2) is 0 Å². The van der Waals surface area contributed by atoms with Crippen LogP contribution in [-0.4, -0.2) is 28.9 Å². The van der Waals surface area contributed by atoms with E-state index in [4.69, 9.17) is 5.11 Å². The number of carboxylic acid groups (broad SMARTS) is 1. The first kappa shape index (κ1) is 15.1. The fourth-order valence-electron chi connectivity index (χ4n) is 1.81. The second-order valence-corrected chi connectivity index (χ2v) is 4.45. The van der Waals surface area contributed by atoms with Crippen molar-refractivity contribution >= 4 is 11.9 Å². The third-order valence-corrected chi connectivity index (χ3v) is 3.11. The molecular weight excluding hydrogens is 249 g/mol. The lowest BCUT2D eigenvalue weighted by molar-refractivity contribution is -0.137. The fourth-order valence-corrected chi connectivity index (χ4v) is 1.81. The number of hydrogen-bond donors (Lipinski definition) is 1. The van der Waals surface area contributed by atoms with Crippen molar-refractivity contribution in [2.75, 3.05) is 7.05 Å². The molecule has 4 nitrogen and oxygen atoms in total. The van der Waals surface area contributed by atoms with Gasteiger partial charge in [0.2, 0.25) is 5.91 Å². The third-order valence-electron chi connectivity index (χ3n) is 3.11. The number of benzene rings is 1. The van der Waals surface area contributed by atoms with Crippen molar-refractivity contribution < 1.29 is 19.1 Å². The minimum absolute atomic E-state index is 0.0341. The van der Waals surface area contributed by atoms with Crippen LogP contribution in [-0.2, 0) is 9.59 Å². The second-order valence-electron chi connectivity index (χ2n) is 4.45. The second kappa shape index (κ2) is 6.87. The van der Waals surface area contributed by atoms with Crippen molar-refractivity contribution in [1.82, 2.24) is 4.90 Å². The highest BCUT2D eigenvalue weighted by atomic mass is 19.1. The van der Waals surface area contributed by atoms with Crippen LogP contribution in [0.15, 0.2) is 24.3 Å². The molecule has 1 aromatic carbocycles. The monoisotopic (exact) mass is 267 g/mol. The Bertz CT molecular complexity index is 462. The predicted octanol–water partition coefficient (Wildman–Crippen LogP) is 2.60. The van der Waals surface area contributed by atoms with Gasteiger partial charge in [0.05, 0.1) is 6.04 Å². The van der Waals surface area contributed by atoms with E-state index < -0.39 is 5.97 Å². The summed E-state index contributed by atoms with van der Waals surface area (Å²) in [4.78, 5) is 23.7. The number of carboxylic acids is 1. The molecule has 1 atom stereocenters. The third kappa shape index (κ3) is 4.35. The van der Waals surface area contributed by atoms with E-state index in [0.717, 1.165) is 0 Å². The Hall–Kier alpha value is -1.91. The zero-order chi connectivity index (χ0) is 14.4. The smallest absolute Gasteiger partial charge is 0.303 e. The molecule has 0 aliphatic carbocycles. The molecule has 0 aromatic heterocycles. The van der Waals surface area contributed by atoms with Gasteiger partial charge in [-0.1, -0.05) is 18.2 Å². The number of carbonyl (C=O) groups excluding carboxylic acids is 1. The molecule has 0 spiro atoms. The van der Waals surface area contributed by atoms with Gasteiger partial charge in [-0.15, -0.1) is 0 Å². The molecule has 104 valence electrons. The van der Waals surface area contributed by atoms with Gasteiger partial charge < -0.3 is 10.0 Å². The van der Waals surface area contributed by atoms with Crippen molar-refractivity contribution in [3.63, 3.8) is 0 Å². The van der Waals surface area contributed by atoms with Crippen LogP contribution < -0.4 is 0 Å². The molecule has 1 aromatic rings. The van der Waals surface area contributed by atoms with Crippen LogP contribution in [0.3, 0.4) is 0 Å². The summed E-state index contributed by atoms with van der Waals surface area (Å²) in [6.07, 6.45) is 0.414. The SMILES string of the molecule is CC(c1ccccc1F)N(C)C(=O)CCCC(=O)O. The van der Waals surface area contributed by atoms with Crippen molar-refractivity contribution in [2.45, 2.75) is 32.2 Å². The van der Waals surface area contributed by atoms with Crippen molar-refractivity contribution in [3.05, 3.63) is 35.6 Å². The molecule has 0 aliphatic rings. The number of nitrogens with zero attached hydrogens (tertiary/aromatic N) is 1. The first-order chi connectivity index (χ1) is 8.93. The van der Waals surface area contributed by atoms with Gasteiger partial charge in [0, 0.05) is 25.5 Å². The highest BCUT2D eigenvalue weighted by Gasteiger charge is 2.19. The highest BCUT2D eigenvalue weighted by molar-refractivity contribution is 5.77. The maximum atomic E-state index is 13.6. The summed E-state index contributed by atoms with van der Waals surface area (Å²) >= 11 is 0. The van der Waals surface area contributed by atoms with Crippen LogP contribution in [0.1, 0.15) is 37.8 Å². The molecule has 1 N–H and O–H groups in total. The number of hydrogen-bond acceptors (Lipinski definition) is 2. The van der Waals surface area contributed by atoms with Crippen LogP contribution in [0, 0.1) is 5.82 Å². The maximum absolute atomic E-state index is 13.6. The molecule has 0 saturated heterocycles. The van der Waals surface area contributed by atoms with E-state index in [1.807, 2.05) is 0 Å². The Balaban J connectivity index is 2.61. The Morgan fingerprint density at radius 3 is 2.53 bits per heavy atom. The van der Waals surface area contributed by atoms with E-state index in [2.05, 4.69) is 0 Å². The summed E-state index contributed by atoms with van der Waals surface area (Å²) in [5, 5.41) is 8.51. The first-order valence-corrected chi connectivity index (χ1v) is 6.15. The maximum Gasteiger partial charge on any atom is 0.303 e. The van der Waals surface area contributed by atoms with Crippen LogP contribution in [0.4, 0.5) is 4.39 Å². The lowest BCUT2D eigenvalue weighted by Crippen LogP contribution is -2.30. The van der Waals surface area contributed by atoms with E-state index in [-0.39, 0.29) is 30.6 Å². The highest BCUT2D eigenvalue weighted by Crippen LogP contribution is 2.22. The molecule has 0 aliphatic heterocycles. The number of aliphatic carboxylic acids is 1. The normalized spacial score (nSPS) is 11.9. The van der Waals surface area contributed by atoms with Gasteiger partial charge in [0.25, 0.3) is 0 Å². The van der Waals surface area contributed by atoms with Crippen molar-refractivity contribution in [3.8, 4) is 0 Å². The molecule has 0 saturated carbocycles. The van der Waals surface area contributed by atoms with Crippen LogP contribution in [0.2, 0.25) is 0 Å². The van der Waals surface area contributed by atoms with E-state index in [1.165, 1.54) is 11.0 Å². The van der Waals surface area contributed by atoms with E-state index in [1.54, 1.807) is 32.2 Å². The average molecular weight is 267 g/mol. The number of carbonyl (C=O) groups is 2. The van der Waals surface area contributed by atoms with E-state index >= 15 is 0 Å². The summed E-state index contributed by atoms with van der Waals surface area (Å²) in [5.41, 5.74) is 0.455. The molecule has 5 heteroatoms. The summed E-state index contributed by atoms with van der Waals surface area (Å²) in [7, 11) is 1.60. The summed E-state index contributed by atoms with van der Waals surface area (Å²) in [6.45, 7) is 1.74. The lowest BCUT2D eigenvalue weighted by atomic mass is 10.1. The molecule has 1 amide bonds. The zero-order valence-corrected chi connectivity index (χ0v) is 11.1. The van der Waals surface area contributed by atoms with Gasteiger partial charge in [-0.2, -0.15) is 0 Å². The van der Waals surface area contributed by atoms with Gasteiger partial charge in [0.1, 0.15) is 5.82 Å². The predicted molar refractivity (Wildman–Crippen MR) is 69.1 cm³/mol. The zero-order valence-electron chi connectivity index (χ0n) is 11.1. The molecule has 0 fully saturated rings. The van der Waals surface area contributed by atoms with Crippen LogP contribution >= 0.6 is 0 Å². The Kier molecular flexibility index (Phi) is 5.48. The van der Waals surface area contributed by atoms with Gasteiger partial charge in [-0.25, -0.2) is 4.39 Å². The largest absolute Gasteiger partial charge is 0.481 e. The fraction of sp³-hybridized carbons (Fsp3) is 0.429. The van der Waals surface area contributed by atoms with E-state index in [9.17, 15) is 14.0 Å².